The van der Waals surface area contributed by atoms with Crippen molar-refractivity contribution in [2.24, 2.45) is 7.05 Å². The van der Waals surface area contributed by atoms with Crippen LogP contribution in [0.5, 0.6) is 0 Å². The van der Waals surface area contributed by atoms with Crippen molar-refractivity contribution in [3.63, 3.8) is 0 Å². The number of hydrogen-bond acceptors (Lipinski definition) is 6. The molecule has 1 saturated heterocycles. The number of nitrogens with zero attached hydrogens (tertiary/aromatic N) is 6. The molecule has 0 saturated carbocycles. The predicted molar refractivity (Wildman–Crippen MR) is 91.9 cm³/mol. The van der Waals surface area contributed by atoms with Crippen LogP contribution in [0.25, 0.3) is 0 Å². The molecule has 8 heteroatoms. The summed E-state index contributed by atoms with van der Waals surface area (Å²) in [5, 5.41) is 7.82. The van der Waals surface area contributed by atoms with Gasteiger partial charge in [-0.05, 0) is 6.42 Å². The van der Waals surface area contributed by atoms with Crippen molar-refractivity contribution >= 4 is 23.1 Å². The Morgan fingerprint density at radius 1 is 1.22 bits per heavy atom. The highest BCUT2D eigenvalue weighted by Gasteiger charge is 2.20. The number of aryl methyl sites for hydroxylation is 1. The number of hydrogen-bond donors (Lipinski definition) is 1. The fraction of sp³-hybridized carbons (Fsp3) is 0.533. The molecule has 3 rings (SSSR count). The van der Waals surface area contributed by atoms with E-state index in [1.54, 1.807) is 0 Å². The highest BCUT2D eigenvalue weighted by molar-refractivity contribution is 6.32. The summed E-state index contributed by atoms with van der Waals surface area (Å²) < 4.78 is 1.85. The molecular formula is C15H22ClN7. The molecular weight excluding hydrogens is 314 g/mol. The van der Waals surface area contributed by atoms with E-state index in [9.17, 15) is 0 Å². The summed E-state index contributed by atoms with van der Waals surface area (Å²) in [5.74, 6) is 0.885. The maximum Gasteiger partial charge on any atom is 0.157 e. The first-order valence-corrected chi connectivity index (χ1v) is 8.18. The molecule has 1 aliphatic rings. The molecule has 0 unspecified atom stereocenters. The van der Waals surface area contributed by atoms with E-state index in [0.29, 0.717) is 5.15 Å². The van der Waals surface area contributed by atoms with Crippen molar-refractivity contribution in [3.8, 4) is 0 Å². The maximum atomic E-state index is 6.17. The van der Waals surface area contributed by atoms with Gasteiger partial charge >= 0.3 is 0 Å². The van der Waals surface area contributed by atoms with Crippen LogP contribution in [0.15, 0.2) is 18.7 Å². The van der Waals surface area contributed by atoms with Crippen LogP contribution in [0.2, 0.25) is 5.15 Å². The monoisotopic (exact) mass is 335 g/mol. The van der Waals surface area contributed by atoms with Crippen LogP contribution in [0.4, 0.5) is 11.5 Å². The summed E-state index contributed by atoms with van der Waals surface area (Å²) in [6.07, 6.45) is 6.62. The van der Waals surface area contributed by atoms with E-state index >= 15 is 0 Å². The Kier molecular flexibility index (Phi) is 4.97. The van der Waals surface area contributed by atoms with E-state index in [4.69, 9.17) is 11.6 Å². The Morgan fingerprint density at radius 3 is 2.83 bits per heavy atom. The van der Waals surface area contributed by atoms with Crippen molar-refractivity contribution < 1.29 is 0 Å². The Morgan fingerprint density at radius 2 is 2.09 bits per heavy atom. The Hall–Kier alpha value is -1.86. The minimum Gasteiger partial charge on any atom is -0.383 e. The van der Waals surface area contributed by atoms with E-state index in [1.807, 2.05) is 25.0 Å². The molecule has 0 aromatic carbocycles. The average molecular weight is 336 g/mol. The lowest BCUT2D eigenvalue weighted by Gasteiger charge is -2.24. The predicted octanol–water partition coefficient (Wildman–Crippen LogP) is 1.62. The highest BCUT2D eigenvalue weighted by atomic mass is 35.5. The molecule has 0 aliphatic carbocycles. The number of halogens is 1. The summed E-state index contributed by atoms with van der Waals surface area (Å²) in [7, 11) is 3.80. The van der Waals surface area contributed by atoms with Gasteiger partial charge in [0.15, 0.2) is 11.0 Å². The summed E-state index contributed by atoms with van der Waals surface area (Å²) in [5.41, 5.74) is 2.05. The van der Waals surface area contributed by atoms with Crippen LogP contribution in [0.3, 0.4) is 0 Å². The van der Waals surface area contributed by atoms with Gasteiger partial charge in [0.2, 0.25) is 0 Å². The zero-order valence-corrected chi connectivity index (χ0v) is 14.3. The molecule has 1 fully saturated rings. The van der Waals surface area contributed by atoms with E-state index in [0.717, 1.165) is 50.6 Å². The third-order valence-corrected chi connectivity index (χ3v) is 4.37. The first-order valence-electron chi connectivity index (χ1n) is 7.80. The third kappa shape index (κ3) is 3.73. The smallest absolute Gasteiger partial charge is 0.157 e. The van der Waals surface area contributed by atoms with Crippen molar-refractivity contribution in [2.45, 2.75) is 13.0 Å². The largest absolute Gasteiger partial charge is 0.383 e. The molecule has 3 heterocycles. The zero-order chi connectivity index (χ0) is 16.2. The normalized spacial score (nSPS) is 16.4. The molecule has 124 valence electrons. The van der Waals surface area contributed by atoms with E-state index in [2.05, 4.69) is 36.4 Å². The van der Waals surface area contributed by atoms with Crippen LogP contribution in [-0.2, 0) is 13.6 Å². The molecule has 7 nitrogen and oxygen atoms in total. The van der Waals surface area contributed by atoms with Crippen molar-refractivity contribution in [1.82, 2.24) is 24.6 Å². The first kappa shape index (κ1) is 16.0. The Labute approximate surface area is 141 Å². The lowest BCUT2D eigenvalue weighted by atomic mass is 10.3. The maximum absolute atomic E-state index is 6.17. The standard InChI is InChI=1S/C15H22ClN7/c1-17-13-14(16)18-11-19-15(13)23-5-3-4-22(6-7-23)10-12-8-20-21(2)9-12/h8-9,11,17H,3-7,10H2,1-2H3. The van der Waals surface area contributed by atoms with Gasteiger partial charge < -0.3 is 10.2 Å². The SMILES string of the molecule is CNc1c(Cl)ncnc1N1CCCN(Cc2cnn(C)c2)CC1. The molecule has 0 amide bonds. The second-order valence-corrected chi connectivity index (χ2v) is 6.11. The lowest BCUT2D eigenvalue weighted by molar-refractivity contribution is 0.285. The number of nitrogens with one attached hydrogen (secondary N) is 1. The molecule has 0 radical (unpaired) electrons. The van der Waals surface area contributed by atoms with Crippen LogP contribution < -0.4 is 10.2 Å². The molecule has 1 aliphatic heterocycles. The van der Waals surface area contributed by atoms with Crippen molar-refractivity contribution in [3.05, 3.63) is 29.4 Å². The minimum atomic E-state index is 0.467. The fourth-order valence-electron chi connectivity index (χ4n) is 2.96. The molecule has 0 bridgehead atoms. The Bertz CT molecular complexity index is 657. The zero-order valence-electron chi connectivity index (χ0n) is 13.5. The van der Waals surface area contributed by atoms with Crippen molar-refractivity contribution in [2.75, 3.05) is 43.4 Å². The van der Waals surface area contributed by atoms with Gasteiger partial charge in [0.25, 0.3) is 0 Å². The van der Waals surface area contributed by atoms with Crippen molar-refractivity contribution in [1.29, 1.82) is 0 Å². The average Bonchev–Trinajstić information content (AvgIpc) is 2.81. The fourth-order valence-corrected chi connectivity index (χ4v) is 3.19. The third-order valence-electron chi connectivity index (χ3n) is 4.08. The van der Waals surface area contributed by atoms with E-state index < -0.39 is 0 Å². The number of rotatable bonds is 4. The minimum absolute atomic E-state index is 0.467. The molecule has 2 aromatic heterocycles. The lowest BCUT2D eigenvalue weighted by Crippen LogP contribution is -2.31. The summed E-state index contributed by atoms with van der Waals surface area (Å²) >= 11 is 6.17. The summed E-state index contributed by atoms with van der Waals surface area (Å²) in [6.45, 7) is 4.87. The molecule has 2 aromatic rings. The van der Waals surface area contributed by atoms with Crippen LogP contribution in [-0.4, -0.2) is 57.9 Å². The van der Waals surface area contributed by atoms with Gasteiger partial charge in [0, 0.05) is 58.6 Å². The van der Waals surface area contributed by atoms with Crippen LogP contribution in [0, 0.1) is 0 Å². The van der Waals surface area contributed by atoms with Gasteiger partial charge in [0.05, 0.1) is 6.20 Å². The number of aromatic nitrogens is 4. The molecule has 0 spiro atoms. The molecule has 23 heavy (non-hydrogen) atoms. The van der Waals surface area contributed by atoms with Gasteiger partial charge in [-0.3, -0.25) is 9.58 Å². The summed E-state index contributed by atoms with van der Waals surface area (Å²) in [4.78, 5) is 13.2. The van der Waals surface area contributed by atoms with E-state index in [1.165, 1.54) is 11.9 Å². The quantitative estimate of drug-likeness (QED) is 0.857. The van der Waals surface area contributed by atoms with E-state index in [-0.39, 0.29) is 0 Å². The van der Waals surface area contributed by atoms with Gasteiger partial charge in [-0.25, -0.2) is 9.97 Å². The van der Waals surface area contributed by atoms with Gasteiger partial charge in [-0.2, -0.15) is 5.10 Å². The Balaban J connectivity index is 1.68. The molecule has 0 atom stereocenters. The van der Waals surface area contributed by atoms with Gasteiger partial charge in [-0.1, -0.05) is 11.6 Å². The number of anilines is 2. The first-order chi connectivity index (χ1) is 11.2. The summed E-state index contributed by atoms with van der Waals surface area (Å²) in [6, 6.07) is 0. The topological polar surface area (TPSA) is 62.1 Å². The van der Waals surface area contributed by atoms with Gasteiger partial charge in [-0.15, -0.1) is 0 Å². The second-order valence-electron chi connectivity index (χ2n) is 5.75. The molecule has 1 N–H and O–H groups in total. The second kappa shape index (κ2) is 7.14. The van der Waals surface area contributed by atoms with Crippen LogP contribution in [0.1, 0.15) is 12.0 Å². The highest BCUT2D eigenvalue weighted by Crippen LogP contribution is 2.29. The van der Waals surface area contributed by atoms with Gasteiger partial charge in [0.1, 0.15) is 12.0 Å². The van der Waals surface area contributed by atoms with Crippen LogP contribution >= 0.6 is 11.6 Å².